The van der Waals surface area contributed by atoms with E-state index in [1.165, 1.54) is 32.1 Å². The normalized spacial score (nSPS) is 20.1. The number of hydrogen-bond acceptors (Lipinski definition) is 1. The van der Waals surface area contributed by atoms with Crippen LogP contribution in [-0.4, -0.2) is 5.78 Å². The predicted octanol–water partition coefficient (Wildman–Crippen LogP) is 4.35. The van der Waals surface area contributed by atoms with Gasteiger partial charge in [0.15, 0.2) is 0 Å². The van der Waals surface area contributed by atoms with E-state index in [0.29, 0.717) is 11.7 Å². The first-order chi connectivity index (χ1) is 7.24. The van der Waals surface area contributed by atoms with Gasteiger partial charge < -0.3 is 0 Å². The lowest BCUT2D eigenvalue weighted by molar-refractivity contribution is -0.122. The summed E-state index contributed by atoms with van der Waals surface area (Å²) in [5.41, 5.74) is 0. The number of rotatable bonds is 6. The average Bonchev–Trinajstić information content (AvgIpc) is 2.27. The lowest BCUT2D eigenvalue weighted by Crippen LogP contribution is -2.14. The molecular weight excluding hydrogens is 184 g/mol. The fourth-order valence-corrected chi connectivity index (χ4v) is 2.66. The van der Waals surface area contributed by atoms with Crippen LogP contribution in [-0.2, 0) is 4.79 Å². The van der Waals surface area contributed by atoms with Crippen molar-refractivity contribution in [3.63, 3.8) is 0 Å². The monoisotopic (exact) mass is 210 g/mol. The van der Waals surface area contributed by atoms with Crippen molar-refractivity contribution in [1.29, 1.82) is 0 Å². The second kappa shape index (κ2) is 7.03. The first kappa shape index (κ1) is 12.7. The summed E-state index contributed by atoms with van der Waals surface area (Å²) in [5.74, 6) is 1.66. The highest BCUT2D eigenvalue weighted by Crippen LogP contribution is 2.27. The molecule has 1 rings (SSSR count). The molecule has 0 aliphatic heterocycles. The van der Waals surface area contributed by atoms with Gasteiger partial charge in [-0.15, -0.1) is 0 Å². The zero-order valence-electron chi connectivity index (χ0n) is 10.4. The second-order valence-corrected chi connectivity index (χ2v) is 5.20. The van der Waals surface area contributed by atoms with E-state index in [1.54, 1.807) is 0 Å². The van der Waals surface area contributed by atoms with Crippen molar-refractivity contribution in [2.75, 3.05) is 0 Å². The smallest absolute Gasteiger partial charge is 0.135 e. The molecule has 1 aliphatic rings. The Morgan fingerprint density at radius 2 is 1.93 bits per heavy atom. The molecule has 1 nitrogen and oxygen atoms in total. The molecule has 1 unspecified atom stereocenters. The fourth-order valence-electron chi connectivity index (χ4n) is 2.66. The third kappa shape index (κ3) is 4.81. The van der Waals surface area contributed by atoms with Crippen molar-refractivity contribution in [2.45, 2.75) is 71.6 Å². The van der Waals surface area contributed by atoms with Crippen molar-refractivity contribution in [3.8, 4) is 0 Å². The highest BCUT2D eigenvalue weighted by molar-refractivity contribution is 5.80. The molecule has 1 fully saturated rings. The molecule has 0 saturated heterocycles. The SMILES string of the molecule is CCCC(C)C(=O)CCC1CCCCC1. The van der Waals surface area contributed by atoms with Gasteiger partial charge in [0.2, 0.25) is 0 Å². The molecule has 1 heteroatoms. The molecule has 15 heavy (non-hydrogen) atoms. The molecule has 0 radical (unpaired) electrons. The molecule has 0 heterocycles. The summed E-state index contributed by atoms with van der Waals surface area (Å²) in [7, 11) is 0. The summed E-state index contributed by atoms with van der Waals surface area (Å²) in [6.45, 7) is 4.25. The highest BCUT2D eigenvalue weighted by Gasteiger charge is 2.17. The minimum absolute atomic E-state index is 0.304. The van der Waals surface area contributed by atoms with Gasteiger partial charge in [-0.05, 0) is 18.8 Å². The van der Waals surface area contributed by atoms with E-state index in [1.807, 2.05) is 0 Å². The molecule has 0 aromatic carbocycles. The van der Waals surface area contributed by atoms with E-state index >= 15 is 0 Å². The lowest BCUT2D eigenvalue weighted by Gasteiger charge is -2.21. The van der Waals surface area contributed by atoms with E-state index in [4.69, 9.17) is 0 Å². The van der Waals surface area contributed by atoms with Crippen LogP contribution in [0.25, 0.3) is 0 Å². The molecule has 0 spiro atoms. The molecule has 1 atom stereocenters. The highest BCUT2D eigenvalue weighted by atomic mass is 16.1. The number of Topliss-reactive ketones (excluding diaryl/α,β-unsaturated/α-hetero) is 1. The molecular formula is C14H26O. The maximum atomic E-state index is 11.8. The Morgan fingerprint density at radius 3 is 2.53 bits per heavy atom. The van der Waals surface area contributed by atoms with Crippen LogP contribution < -0.4 is 0 Å². The van der Waals surface area contributed by atoms with Gasteiger partial charge in [0.25, 0.3) is 0 Å². The van der Waals surface area contributed by atoms with E-state index < -0.39 is 0 Å². The first-order valence-electron chi connectivity index (χ1n) is 6.76. The third-order valence-electron chi connectivity index (χ3n) is 3.80. The Labute approximate surface area is 94.6 Å². The van der Waals surface area contributed by atoms with Crippen molar-refractivity contribution >= 4 is 5.78 Å². The van der Waals surface area contributed by atoms with Crippen LogP contribution in [0.1, 0.15) is 71.6 Å². The van der Waals surface area contributed by atoms with Gasteiger partial charge >= 0.3 is 0 Å². The molecule has 0 aromatic rings. The Balaban J connectivity index is 2.14. The summed E-state index contributed by atoms with van der Waals surface area (Å²) in [6, 6.07) is 0. The van der Waals surface area contributed by atoms with Gasteiger partial charge in [0.1, 0.15) is 5.78 Å². The minimum Gasteiger partial charge on any atom is -0.299 e. The summed E-state index contributed by atoms with van der Waals surface area (Å²) in [5, 5.41) is 0. The van der Waals surface area contributed by atoms with Gasteiger partial charge in [-0.1, -0.05) is 52.4 Å². The molecule has 0 aromatic heterocycles. The van der Waals surface area contributed by atoms with Crippen molar-refractivity contribution in [2.24, 2.45) is 11.8 Å². The van der Waals surface area contributed by atoms with Crippen molar-refractivity contribution in [3.05, 3.63) is 0 Å². The van der Waals surface area contributed by atoms with E-state index in [-0.39, 0.29) is 0 Å². The molecule has 1 aliphatic carbocycles. The number of carbonyl (C=O) groups is 1. The molecule has 88 valence electrons. The summed E-state index contributed by atoms with van der Waals surface area (Å²) in [6.07, 6.45) is 11.1. The number of carbonyl (C=O) groups excluding carboxylic acids is 1. The van der Waals surface area contributed by atoms with E-state index in [9.17, 15) is 4.79 Å². The summed E-state index contributed by atoms with van der Waals surface area (Å²) in [4.78, 5) is 11.8. The van der Waals surface area contributed by atoms with E-state index in [2.05, 4.69) is 13.8 Å². The maximum absolute atomic E-state index is 11.8. The summed E-state index contributed by atoms with van der Waals surface area (Å²) < 4.78 is 0. The van der Waals surface area contributed by atoms with Crippen molar-refractivity contribution < 1.29 is 4.79 Å². The van der Waals surface area contributed by atoms with Crippen LogP contribution in [0.4, 0.5) is 0 Å². The zero-order chi connectivity index (χ0) is 11.1. The Morgan fingerprint density at radius 1 is 1.27 bits per heavy atom. The third-order valence-corrected chi connectivity index (χ3v) is 3.80. The average molecular weight is 210 g/mol. The van der Waals surface area contributed by atoms with Gasteiger partial charge in [-0.3, -0.25) is 4.79 Å². The molecule has 0 bridgehead atoms. The number of hydrogen-bond donors (Lipinski definition) is 0. The quantitative estimate of drug-likeness (QED) is 0.637. The lowest BCUT2D eigenvalue weighted by atomic mass is 9.84. The van der Waals surface area contributed by atoms with Gasteiger partial charge in [-0.2, -0.15) is 0 Å². The van der Waals surface area contributed by atoms with Crippen molar-refractivity contribution in [1.82, 2.24) is 0 Å². The summed E-state index contributed by atoms with van der Waals surface area (Å²) >= 11 is 0. The van der Waals surface area contributed by atoms with E-state index in [0.717, 1.165) is 31.6 Å². The van der Waals surface area contributed by atoms with Crippen LogP contribution in [0.2, 0.25) is 0 Å². The van der Waals surface area contributed by atoms with Gasteiger partial charge in [0.05, 0.1) is 0 Å². The second-order valence-electron chi connectivity index (χ2n) is 5.20. The van der Waals surface area contributed by atoms with Gasteiger partial charge in [0, 0.05) is 12.3 Å². The van der Waals surface area contributed by atoms with Gasteiger partial charge in [-0.25, -0.2) is 0 Å². The maximum Gasteiger partial charge on any atom is 0.135 e. The Bertz CT molecular complexity index is 180. The van der Waals surface area contributed by atoms with Crippen LogP contribution in [0.3, 0.4) is 0 Å². The predicted molar refractivity (Wildman–Crippen MR) is 64.9 cm³/mol. The first-order valence-corrected chi connectivity index (χ1v) is 6.76. The molecule has 0 N–H and O–H groups in total. The largest absolute Gasteiger partial charge is 0.299 e. The topological polar surface area (TPSA) is 17.1 Å². The van der Waals surface area contributed by atoms with Crippen LogP contribution in [0.5, 0.6) is 0 Å². The fraction of sp³-hybridized carbons (Fsp3) is 0.929. The molecule has 1 saturated carbocycles. The Hall–Kier alpha value is -0.330. The van der Waals surface area contributed by atoms with Crippen LogP contribution in [0, 0.1) is 11.8 Å². The number of ketones is 1. The minimum atomic E-state index is 0.304. The standard InChI is InChI=1S/C14H26O/c1-3-7-12(2)14(15)11-10-13-8-5-4-6-9-13/h12-13H,3-11H2,1-2H3. The zero-order valence-corrected chi connectivity index (χ0v) is 10.4. The van der Waals surface area contributed by atoms with Crippen LogP contribution in [0.15, 0.2) is 0 Å². The molecule has 0 amide bonds. The Kier molecular flexibility index (Phi) is 5.97. The van der Waals surface area contributed by atoms with Crippen LogP contribution >= 0.6 is 0 Å².